The molecule has 0 saturated heterocycles. The van der Waals surface area contributed by atoms with Crippen molar-refractivity contribution in [2.75, 3.05) is 16.8 Å². The highest BCUT2D eigenvalue weighted by atomic mass is 35.5. The molecule has 0 saturated carbocycles. The van der Waals surface area contributed by atoms with Crippen LogP contribution in [0.1, 0.15) is 55.5 Å². The molecule has 2 amide bonds. The van der Waals surface area contributed by atoms with Crippen molar-refractivity contribution in [3.05, 3.63) is 70.4 Å². The summed E-state index contributed by atoms with van der Waals surface area (Å²) >= 11 is 6.22. The zero-order valence-electron chi connectivity index (χ0n) is 17.8. The zero-order chi connectivity index (χ0) is 22.5. The standard InChI is InChI=1S/C24H25ClN2O4/c1-4-5-14-31-24(30)18-8-6-7-9-19(18)27-22(28)20(25)21(23(27)29)26-17-12-10-16(11-13-17)15(2)3/h6-13,15,26H,4-5,14H2,1-3H3. The molecule has 0 atom stereocenters. The van der Waals surface area contributed by atoms with Gasteiger partial charge < -0.3 is 10.1 Å². The molecule has 1 aliphatic rings. The van der Waals surface area contributed by atoms with Crippen molar-refractivity contribution in [2.45, 2.75) is 39.5 Å². The first kappa shape index (κ1) is 22.6. The van der Waals surface area contributed by atoms with Crippen LogP contribution in [0.5, 0.6) is 0 Å². The number of hydrogen-bond donors (Lipinski definition) is 1. The second kappa shape index (κ2) is 9.79. The van der Waals surface area contributed by atoms with Crippen molar-refractivity contribution in [2.24, 2.45) is 0 Å². The van der Waals surface area contributed by atoms with Crippen molar-refractivity contribution in [3.63, 3.8) is 0 Å². The number of carbonyl (C=O) groups excluding carboxylic acids is 3. The Morgan fingerprint density at radius 2 is 1.74 bits per heavy atom. The Bertz CT molecular complexity index is 1030. The lowest BCUT2D eigenvalue weighted by Crippen LogP contribution is -2.33. The smallest absolute Gasteiger partial charge is 0.340 e. The number of unbranched alkanes of at least 4 members (excludes halogenated alkanes) is 1. The second-order valence-corrected chi connectivity index (χ2v) is 7.92. The van der Waals surface area contributed by atoms with Gasteiger partial charge in [0.05, 0.1) is 17.9 Å². The Balaban J connectivity index is 1.85. The van der Waals surface area contributed by atoms with Crippen LogP contribution in [0.3, 0.4) is 0 Å². The van der Waals surface area contributed by atoms with Crippen molar-refractivity contribution in [1.82, 2.24) is 0 Å². The third-order valence-electron chi connectivity index (χ3n) is 4.97. The summed E-state index contributed by atoms with van der Waals surface area (Å²) in [5.74, 6) is -1.54. The molecule has 1 heterocycles. The van der Waals surface area contributed by atoms with Crippen molar-refractivity contribution < 1.29 is 19.1 Å². The molecule has 1 N–H and O–H groups in total. The number of anilines is 2. The molecule has 2 aromatic carbocycles. The molecule has 162 valence electrons. The molecule has 0 fully saturated rings. The molecule has 1 aliphatic heterocycles. The van der Waals surface area contributed by atoms with Gasteiger partial charge in [0, 0.05) is 5.69 Å². The third kappa shape index (κ3) is 4.80. The SMILES string of the molecule is CCCCOC(=O)c1ccccc1N1C(=O)C(Cl)=C(Nc2ccc(C(C)C)cc2)C1=O. The number of esters is 1. The van der Waals surface area contributed by atoms with E-state index in [0.29, 0.717) is 11.6 Å². The fraction of sp³-hybridized carbons (Fsp3) is 0.292. The molecule has 3 rings (SSSR count). The minimum Gasteiger partial charge on any atom is -0.462 e. The molecule has 0 bridgehead atoms. The summed E-state index contributed by atoms with van der Waals surface area (Å²) < 4.78 is 5.27. The first-order valence-electron chi connectivity index (χ1n) is 10.3. The summed E-state index contributed by atoms with van der Waals surface area (Å²) in [5.41, 5.74) is 2.03. The number of hydrogen-bond acceptors (Lipinski definition) is 5. The van der Waals surface area contributed by atoms with Crippen LogP contribution in [0.15, 0.2) is 59.3 Å². The summed E-state index contributed by atoms with van der Waals surface area (Å²) in [5, 5.41) is 2.72. The Labute approximate surface area is 186 Å². The summed E-state index contributed by atoms with van der Waals surface area (Å²) in [6.07, 6.45) is 1.61. The number of imide groups is 1. The molecule has 0 aliphatic carbocycles. The number of rotatable bonds is 8. The van der Waals surface area contributed by atoms with E-state index in [4.69, 9.17) is 16.3 Å². The third-order valence-corrected chi connectivity index (χ3v) is 5.32. The molecule has 0 spiro atoms. The fourth-order valence-corrected chi connectivity index (χ4v) is 3.37. The van der Waals surface area contributed by atoms with Crippen molar-refractivity contribution >= 4 is 40.8 Å². The van der Waals surface area contributed by atoms with E-state index in [1.807, 2.05) is 31.2 Å². The van der Waals surface area contributed by atoms with Crippen LogP contribution < -0.4 is 10.2 Å². The van der Waals surface area contributed by atoms with Gasteiger partial charge >= 0.3 is 5.97 Å². The van der Waals surface area contributed by atoms with Gasteiger partial charge in [0.1, 0.15) is 10.7 Å². The fourth-order valence-electron chi connectivity index (χ4n) is 3.15. The van der Waals surface area contributed by atoms with Crippen LogP contribution in [-0.2, 0) is 14.3 Å². The van der Waals surface area contributed by atoms with Crippen LogP contribution in [0, 0.1) is 0 Å². The van der Waals surface area contributed by atoms with Gasteiger partial charge in [-0.15, -0.1) is 0 Å². The van der Waals surface area contributed by atoms with E-state index in [-0.39, 0.29) is 28.6 Å². The molecular weight excluding hydrogens is 416 g/mol. The Morgan fingerprint density at radius 3 is 2.39 bits per heavy atom. The number of para-hydroxylation sites is 1. The minimum atomic E-state index is -0.693. The Kier molecular flexibility index (Phi) is 7.13. The molecule has 31 heavy (non-hydrogen) atoms. The number of carbonyl (C=O) groups is 3. The van der Waals surface area contributed by atoms with E-state index in [1.54, 1.807) is 12.1 Å². The second-order valence-electron chi connectivity index (χ2n) is 7.54. The predicted octanol–water partition coefficient (Wildman–Crippen LogP) is 5.20. The van der Waals surface area contributed by atoms with Gasteiger partial charge in [-0.1, -0.05) is 63.1 Å². The maximum Gasteiger partial charge on any atom is 0.340 e. The summed E-state index contributed by atoms with van der Waals surface area (Å²) in [7, 11) is 0. The Morgan fingerprint density at radius 1 is 1.06 bits per heavy atom. The summed E-state index contributed by atoms with van der Waals surface area (Å²) in [4.78, 5) is 39.3. The van der Waals surface area contributed by atoms with E-state index in [9.17, 15) is 14.4 Å². The lowest BCUT2D eigenvalue weighted by Gasteiger charge is -2.18. The lowest BCUT2D eigenvalue weighted by molar-refractivity contribution is -0.120. The van der Waals surface area contributed by atoms with E-state index in [0.717, 1.165) is 23.3 Å². The monoisotopic (exact) mass is 440 g/mol. The van der Waals surface area contributed by atoms with Crippen LogP contribution in [0.25, 0.3) is 0 Å². The minimum absolute atomic E-state index is 0.0295. The van der Waals surface area contributed by atoms with Gasteiger partial charge in [0.15, 0.2) is 0 Å². The van der Waals surface area contributed by atoms with Crippen LogP contribution in [0.2, 0.25) is 0 Å². The number of benzene rings is 2. The maximum atomic E-state index is 13.1. The normalized spacial score (nSPS) is 13.9. The van der Waals surface area contributed by atoms with E-state index in [1.165, 1.54) is 12.1 Å². The van der Waals surface area contributed by atoms with E-state index >= 15 is 0 Å². The highest BCUT2D eigenvalue weighted by Crippen LogP contribution is 2.32. The van der Waals surface area contributed by atoms with Crippen LogP contribution in [-0.4, -0.2) is 24.4 Å². The first-order chi connectivity index (χ1) is 14.8. The zero-order valence-corrected chi connectivity index (χ0v) is 18.5. The van der Waals surface area contributed by atoms with Gasteiger partial charge in [-0.2, -0.15) is 0 Å². The highest BCUT2D eigenvalue weighted by Gasteiger charge is 2.40. The number of ether oxygens (including phenoxy) is 1. The summed E-state index contributed by atoms with van der Waals surface area (Å²) in [6, 6.07) is 13.9. The van der Waals surface area contributed by atoms with Crippen LogP contribution in [0.4, 0.5) is 11.4 Å². The molecular formula is C24H25ClN2O4. The maximum absolute atomic E-state index is 13.1. The van der Waals surface area contributed by atoms with Gasteiger partial charge in [-0.05, 0) is 42.2 Å². The van der Waals surface area contributed by atoms with Crippen molar-refractivity contribution in [1.29, 1.82) is 0 Å². The number of nitrogens with one attached hydrogen (secondary N) is 1. The molecule has 0 radical (unpaired) electrons. The number of nitrogens with zero attached hydrogens (tertiary/aromatic N) is 1. The summed E-state index contributed by atoms with van der Waals surface area (Å²) in [6.45, 7) is 6.43. The molecule has 7 heteroatoms. The highest BCUT2D eigenvalue weighted by molar-refractivity contribution is 6.53. The molecule has 2 aromatic rings. The van der Waals surface area contributed by atoms with E-state index < -0.39 is 17.8 Å². The van der Waals surface area contributed by atoms with Gasteiger partial charge in [0.25, 0.3) is 11.8 Å². The van der Waals surface area contributed by atoms with Gasteiger partial charge in [-0.3, -0.25) is 9.59 Å². The van der Waals surface area contributed by atoms with Gasteiger partial charge in [0.2, 0.25) is 0 Å². The van der Waals surface area contributed by atoms with Crippen LogP contribution >= 0.6 is 11.6 Å². The average Bonchev–Trinajstić information content (AvgIpc) is 2.97. The Hall–Kier alpha value is -3.12. The average molecular weight is 441 g/mol. The first-order valence-corrected chi connectivity index (χ1v) is 10.6. The van der Waals surface area contributed by atoms with Gasteiger partial charge in [-0.25, -0.2) is 9.69 Å². The molecule has 0 aromatic heterocycles. The quantitative estimate of drug-likeness (QED) is 0.346. The number of halogens is 1. The predicted molar refractivity (Wildman–Crippen MR) is 121 cm³/mol. The van der Waals surface area contributed by atoms with Crippen molar-refractivity contribution in [3.8, 4) is 0 Å². The molecule has 6 nitrogen and oxygen atoms in total. The number of amides is 2. The largest absolute Gasteiger partial charge is 0.462 e. The molecule has 0 unspecified atom stereocenters. The van der Waals surface area contributed by atoms with E-state index in [2.05, 4.69) is 19.2 Å². The lowest BCUT2D eigenvalue weighted by atomic mass is 10.0. The topological polar surface area (TPSA) is 75.7 Å².